The maximum atomic E-state index is 13.1. The van der Waals surface area contributed by atoms with E-state index >= 15 is 0 Å². The number of ether oxygens (including phenoxy) is 1. The number of hydrogen-bond donors (Lipinski definition) is 1. The standard InChI is InChI=1S/C22H25N3O4S.C2H6/c1-22(2,3)29-21(28)24-11-9-15(10-12-24)25-19(26)18-16(23-20(25)27)13-17(30-18)14-7-5-4-6-8-14;1-2/h4-8,13,15H,9-12H2,1-3H3,(H,23,27);1-2H3. The average Bonchev–Trinajstić information content (AvgIpc) is 3.19. The van der Waals surface area contributed by atoms with Crippen LogP contribution >= 0.6 is 11.3 Å². The molecule has 3 heterocycles. The van der Waals surface area contributed by atoms with Crippen LogP contribution in [0.15, 0.2) is 46.0 Å². The number of fused-ring (bicyclic) bond motifs is 1. The Morgan fingerprint density at radius 1 is 1.09 bits per heavy atom. The van der Waals surface area contributed by atoms with Crippen LogP contribution in [0.25, 0.3) is 20.7 Å². The normalized spacial score (nSPS) is 14.7. The summed E-state index contributed by atoms with van der Waals surface area (Å²) in [4.78, 5) is 43.6. The topological polar surface area (TPSA) is 84.4 Å². The van der Waals surface area contributed by atoms with Gasteiger partial charge in [-0.15, -0.1) is 11.3 Å². The van der Waals surface area contributed by atoms with Crippen molar-refractivity contribution in [3.8, 4) is 10.4 Å². The van der Waals surface area contributed by atoms with Crippen molar-refractivity contribution in [3.05, 3.63) is 57.2 Å². The Kier molecular flexibility index (Phi) is 7.23. The predicted molar refractivity (Wildman–Crippen MR) is 130 cm³/mol. The largest absolute Gasteiger partial charge is 0.444 e. The fourth-order valence-corrected chi connectivity index (χ4v) is 4.79. The summed E-state index contributed by atoms with van der Waals surface area (Å²) in [7, 11) is 0. The maximum Gasteiger partial charge on any atom is 0.410 e. The van der Waals surface area contributed by atoms with Gasteiger partial charge in [0.1, 0.15) is 10.3 Å². The zero-order valence-corrected chi connectivity index (χ0v) is 20.1. The minimum absolute atomic E-state index is 0.244. The summed E-state index contributed by atoms with van der Waals surface area (Å²) in [6, 6.07) is 11.4. The zero-order valence-electron chi connectivity index (χ0n) is 19.3. The highest BCUT2D eigenvalue weighted by Crippen LogP contribution is 2.31. The Bertz CT molecular complexity index is 1180. The van der Waals surface area contributed by atoms with Crippen LogP contribution in [-0.2, 0) is 4.74 Å². The Morgan fingerprint density at radius 3 is 2.31 bits per heavy atom. The third-order valence-corrected chi connectivity index (χ3v) is 6.32. The number of nitrogens with one attached hydrogen (secondary N) is 1. The van der Waals surface area contributed by atoms with Gasteiger partial charge in [-0.05, 0) is 45.2 Å². The van der Waals surface area contributed by atoms with E-state index in [2.05, 4.69) is 4.98 Å². The molecule has 7 nitrogen and oxygen atoms in total. The van der Waals surface area contributed by atoms with Crippen LogP contribution in [0.5, 0.6) is 0 Å². The minimum Gasteiger partial charge on any atom is -0.444 e. The molecule has 0 spiro atoms. The Balaban J connectivity index is 0.00000141. The SMILES string of the molecule is CC.CC(C)(C)OC(=O)N1CCC(n2c(=O)[nH]c3cc(-c4ccccc4)sc3c2=O)CC1. The molecule has 0 saturated carbocycles. The van der Waals surface area contributed by atoms with Gasteiger partial charge in [0, 0.05) is 24.0 Å². The van der Waals surface area contributed by atoms with Crippen LogP contribution in [0.3, 0.4) is 0 Å². The number of piperidine rings is 1. The van der Waals surface area contributed by atoms with Gasteiger partial charge >= 0.3 is 11.8 Å². The van der Waals surface area contributed by atoms with Crippen LogP contribution in [0.1, 0.15) is 53.5 Å². The molecule has 3 aromatic rings. The molecule has 1 saturated heterocycles. The molecule has 2 aromatic heterocycles. The monoisotopic (exact) mass is 457 g/mol. The summed E-state index contributed by atoms with van der Waals surface area (Å²) in [5.74, 6) is 0. The van der Waals surface area contributed by atoms with Gasteiger partial charge < -0.3 is 14.6 Å². The first-order chi connectivity index (χ1) is 15.2. The molecule has 32 heavy (non-hydrogen) atoms. The first-order valence-electron chi connectivity index (χ1n) is 11.0. The number of H-pyrrole nitrogens is 1. The second-order valence-corrected chi connectivity index (χ2v) is 9.58. The molecule has 0 aliphatic carbocycles. The minimum atomic E-state index is -0.553. The van der Waals surface area contributed by atoms with E-state index in [0.29, 0.717) is 36.1 Å². The molecule has 1 fully saturated rings. The van der Waals surface area contributed by atoms with Crippen LogP contribution in [-0.4, -0.2) is 39.2 Å². The number of likely N-dealkylation sites (tertiary alicyclic amines) is 1. The maximum absolute atomic E-state index is 13.1. The lowest BCUT2D eigenvalue weighted by atomic mass is 10.1. The molecule has 1 aromatic carbocycles. The van der Waals surface area contributed by atoms with E-state index in [0.717, 1.165) is 10.4 Å². The predicted octanol–water partition coefficient (Wildman–Crippen LogP) is 5.02. The highest BCUT2D eigenvalue weighted by molar-refractivity contribution is 7.22. The number of carbonyl (C=O) groups excluding carboxylic acids is 1. The number of rotatable bonds is 2. The van der Waals surface area contributed by atoms with Gasteiger partial charge in [-0.1, -0.05) is 44.2 Å². The molecule has 8 heteroatoms. The quantitative estimate of drug-likeness (QED) is 0.586. The number of benzene rings is 1. The van der Waals surface area contributed by atoms with E-state index in [1.54, 1.807) is 4.90 Å². The number of nitrogens with zero attached hydrogens (tertiary/aromatic N) is 2. The Morgan fingerprint density at radius 2 is 1.72 bits per heavy atom. The molecule has 172 valence electrons. The number of thiophene rings is 1. The smallest absolute Gasteiger partial charge is 0.410 e. The van der Waals surface area contributed by atoms with E-state index in [4.69, 9.17) is 4.74 Å². The van der Waals surface area contributed by atoms with Crippen molar-refractivity contribution in [2.75, 3.05) is 13.1 Å². The van der Waals surface area contributed by atoms with Gasteiger partial charge in [-0.3, -0.25) is 9.36 Å². The van der Waals surface area contributed by atoms with Crippen molar-refractivity contribution in [1.29, 1.82) is 0 Å². The third kappa shape index (κ3) is 5.12. The van der Waals surface area contributed by atoms with Gasteiger partial charge in [0.15, 0.2) is 0 Å². The Labute approximate surface area is 191 Å². The summed E-state index contributed by atoms with van der Waals surface area (Å²) in [5, 5.41) is 0. The highest BCUT2D eigenvalue weighted by Gasteiger charge is 2.29. The second kappa shape index (κ2) is 9.73. The molecule has 1 aliphatic heterocycles. The van der Waals surface area contributed by atoms with Crippen LogP contribution in [0.4, 0.5) is 4.79 Å². The van der Waals surface area contributed by atoms with E-state index in [-0.39, 0.29) is 17.7 Å². The number of hydrogen-bond acceptors (Lipinski definition) is 5. The molecule has 4 rings (SSSR count). The van der Waals surface area contributed by atoms with Crippen LogP contribution in [0, 0.1) is 0 Å². The molecule has 0 unspecified atom stereocenters. The van der Waals surface area contributed by atoms with E-state index in [1.807, 2.05) is 71.0 Å². The second-order valence-electron chi connectivity index (χ2n) is 8.52. The van der Waals surface area contributed by atoms with Crippen molar-refractivity contribution < 1.29 is 9.53 Å². The summed E-state index contributed by atoms with van der Waals surface area (Å²) in [6.45, 7) is 10.4. The fourth-order valence-electron chi connectivity index (χ4n) is 3.73. The molecular formula is C24H31N3O4S. The van der Waals surface area contributed by atoms with Crippen molar-refractivity contribution >= 4 is 27.6 Å². The fraction of sp³-hybridized carbons (Fsp3) is 0.458. The molecule has 0 atom stereocenters. The summed E-state index contributed by atoms with van der Waals surface area (Å²) >= 11 is 1.39. The van der Waals surface area contributed by atoms with E-state index in [1.165, 1.54) is 15.9 Å². The van der Waals surface area contributed by atoms with Crippen LogP contribution < -0.4 is 11.2 Å². The zero-order chi connectivity index (χ0) is 23.5. The molecule has 1 amide bonds. The van der Waals surface area contributed by atoms with Gasteiger partial charge in [-0.2, -0.15) is 0 Å². The number of amides is 1. The van der Waals surface area contributed by atoms with Crippen molar-refractivity contribution in [1.82, 2.24) is 14.5 Å². The van der Waals surface area contributed by atoms with Crippen molar-refractivity contribution in [3.63, 3.8) is 0 Å². The average molecular weight is 458 g/mol. The molecule has 0 bridgehead atoms. The summed E-state index contributed by atoms with van der Waals surface area (Å²) in [5.41, 5.74) is 0.354. The van der Waals surface area contributed by atoms with Crippen LogP contribution in [0.2, 0.25) is 0 Å². The summed E-state index contributed by atoms with van der Waals surface area (Å²) in [6.07, 6.45) is 0.707. The van der Waals surface area contributed by atoms with Crippen molar-refractivity contribution in [2.24, 2.45) is 0 Å². The third-order valence-electron chi connectivity index (χ3n) is 5.15. The molecular weight excluding hydrogens is 426 g/mol. The van der Waals surface area contributed by atoms with Gasteiger partial charge in [-0.25, -0.2) is 9.59 Å². The van der Waals surface area contributed by atoms with E-state index < -0.39 is 11.3 Å². The number of carbonyl (C=O) groups is 1. The molecule has 0 radical (unpaired) electrons. The lowest BCUT2D eigenvalue weighted by Crippen LogP contribution is -2.46. The van der Waals surface area contributed by atoms with Gasteiger partial charge in [0.25, 0.3) is 5.56 Å². The molecule has 1 aliphatic rings. The summed E-state index contributed by atoms with van der Waals surface area (Å²) < 4.78 is 7.28. The first-order valence-corrected chi connectivity index (χ1v) is 11.9. The molecule has 1 N–H and O–H groups in total. The number of aromatic amines is 1. The lowest BCUT2D eigenvalue weighted by Gasteiger charge is -2.33. The van der Waals surface area contributed by atoms with E-state index in [9.17, 15) is 14.4 Å². The van der Waals surface area contributed by atoms with Gasteiger partial charge in [0.05, 0.1) is 5.52 Å². The Hall–Kier alpha value is -2.87. The number of aromatic nitrogens is 2. The van der Waals surface area contributed by atoms with Gasteiger partial charge in [0.2, 0.25) is 0 Å². The lowest BCUT2D eigenvalue weighted by molar-refractivity contribution is 0.0186. The van der Waals surface area contributed by atoms with Crippen molar-refractivity contribution in [2.45, 2.75) is 59.1 Å². The first kappa shape index (κ1) is 23.8. The highest BCUT2D eigenvalue weighted by atomic mass is 32.1.